The molecule has 2 heterocycles. The number of ether oxygens (including phenoxy) is 1. The molecule has 2 aliphatic heterocycles. The summed E-state index contributed by atoms with van der Waals surface area (Å²) in [6.45, 7) is 9.56. The van der Waals surface area contributed by atoms with Crippen LogP contribution in [-0.4, -0.2) is 54.9 Å². The molecule has 1 N–H and O–H groups in total. The Morgan fingerprint density at radius 3 is 2.57 bits per heavy atom. The third-order valence-electron chi connectivity index (χ3n) is 5.52. The van der Waals surface area contributed by atoms with Crippen molar-refractivity contribution in [2.75, 3.05) is 31.1 Å². The van der Waals surface area contributed by atoms with Crippen LogP contribution < -0.4 is 10.2 Å². The number of amides is 1. The lowest BCUT2D eigenvalue weighted by molar-refractivity contribution is 0.0447. The van der Waals surface area contributed by atoms with Crippen LogP contribution in [0.4, 0.5) is 10.5 Å². The number of anilines is 1. The Balaban J connectivity index is 1.51. The van der Waals surface area contributed by atoms with Gasteiger partial charge in [0.2, 0.25) is 0 Å². The molecule has 1 aromatic rings. The number of rotatable bonds is 3. The van der Waals surface area contributed by atoms with Gasteiger partial charge in [-0.3, -0.25) is 4.90 Å². The molecule has 2 aliphatic rings. The Kier molecular flexibility index (Phi) is 6.46. The number of nitrogens with one attached hydrogen (secondary N) is 1. The van der Waals surface area contributed by atoms with E-state index in [1.807, 2.05) is 45.0 Å². The van der Waals surface area contributed by atoms with E-state index in [4.69, 9.17) is 4.74 Å². The van der Waals surface area contributed by atoms with E-state index in [0.717, 1.165) is 63.1 Å². The fourth-order valence-corrected chi connectivity index (χ4v) is 4.25. The highest BCUT2D eigenvalue weighted by Gasteiger charge is 2.30. The van der Waals surface area contributed by atoms with Crippen LogP contribution in [0.15, 0.2) is 24.3 Å². The molecule has 1 aromatic carbocycles. The first-order valence-corrected chi connectivity index (χ1v) is 10.3. The van der Waals surface area contributed by atoms with Gasteiger partial charge in [0.1, 0.15) is 11.7 Å². The molecule has 1 unspecified atom stereocenters. The molecule has 6 heteroatoms. The van der Waals surface area contributed by atoms with Crippen LogP contribution in [0.25, 0.3) is 0 Å². The minimum atomic E-state index is -0.467. The Hall–Kier alpha value is -2.26. The lowest BCUT2D eigenvalue weighted by Crippen LogP contribution is -2.54. The molecule has 0 aliphatic carbocycles. The third kappa shape index (κ3) is 5.39. The van der Waals surface area contributed by atoms with Gasteiger partial charge in [-0.05, 0) is 65.1 Å². The van der Waals surface area contributed by atoms with E-state index in [-0.39, 0.29) is 12.1 Å². The Morgan fingerprint density at radius 1 is 1.18 bits per heavy atom. The van der Waals surface area contributed by atoms with Crippen LogP contribution in [0.3, 0.4) is 0 Å². The zero-order valence-electron chi connectivity index (χ0n) is 17.3. The summed E-state index contributed by atoms with van der Waals surface area (Å²) < 4.78 is 5.40. The van der Waals surface area contributed by atoms with Crippen LogP contribution in [0.1, 0.15) is 52.0 Å². The average molecular weight is 385 g/mol. The van der Waals surface area contributed by atoms with Gasteiger partial charge < -0.3 is 15.0 Å². The van der Waals surface area contributed by atoms with Crippen molar-refractivity contribution in [1.29, 1.82) is 5.26 Å². The zero-order valence-corrected chi connectivity index (χ0v) is 17.3. The fourth-order valence-electron chi connectivity index (χ4n) is 4.25. The number of nitrogens with zero attached hydrogens (tertiary/aromatic N) is 3. The molecule has 3 rings (SSSR count). The molecule has 0 radical (unpaired) electrons. The highest BCUT2D eigenvalue weighted by molar-refractivity contribution is 5.68. The SMILES string of the molecule is CC(C)(C)OC(=O)NC1CCCN(C2CCN(c3ccccc3C#N)CC2)C1. The summed E-state index contributed by atoms with van der Waals surface area (Å²) in [5.74, 6) is 0. The van der Waals surface area contributed by atoms with Crippen molar-refractivity contribution in [3.05, 3.63) is 29.8 Å². The minimum absolute atomic E-state index is 0.154. The molecular weight excluding hydrogens is 352 g/mol. The maximum atomic E-state index is 12.1. The fraction of sp³-hybridized carbons (Fsp3) is 0.636. The molecule has 1 atom stereocenters. The average Bonchev–Trinajstić information content (AvgIpc) is 2.67. The molecule has 0 aromatic heterocycles. The number of hydrogen-bond acceptors (Lipinski definition) is 5. The first-order valence-electron chi connectivity index (χ1n) is 10.3. The van der Waals surface area contributed by atoms with Crippen molar-refractivity contribution >= 4 is 11.8 Å². The van der Waals surface area contributed by atoms with Crippen LogP contribution in [-0.2, 0) is 4.74 Å². The van der Waals surface area contributed by atoms with Gasteiger partial charge in [0.25, 0.3) is 0 Å². The van der Waals surface area contributed by atoms with Gasteiger partial charge in [0.05, 0.1) is 11.3 Å². The van der Waals surface area contributed by atoms with Crippen molar-refractivity contribution in [1.82, 2.24) is 10.2 Å². The summed E-state index contributed by atoms with van der Waals surface area (Å²) in [6, 6.07) is 10.8. The summed E-state index contributed by atoms with van der Waals surface area (Å²) in [6.07, 6.45) is 3.95. The van der Waals surface area contributed by atoms with E-state index in [0.29, 0.717) is 6.04 Å². The first-order chi connectivity index (χ1) is 13.4. The van der Waals surface area contributed by atoms with Crippen LogP contribution in [0.2, 0.25) is 0 Å². The largest absolute Gasteiger partial charge is 0.444 e. The number of para-hydroxylation sites is 1. The number of likely N-dealkylation sites (tertiary alicyclic amines) is 1. The second-order valence-electron chi connectivity index (χ2n) is 8.83. The molecule has 0 spiro atoms. The molecule has 28 heavy (non-hydrogen) atoms. The molecule has 2 fully saturated rings. The monoisotopic (exact) mass is 384 g/mol. The Labute approximate surface area is 168 Å². The molecule has 2 saturated heterocycles. The second kappa shape index (κ2) is 8.83. The van der Waals surface area contributed by atoms with E-state index >= 15 is 0 Å². The molecule has 0 saturated carbocycles. The highest BCUT2D eigenvalue weighted by atomic mass is 16.6. The quantitative estimate of drug-likeness (QED) is 0.864. The van der Waals surface area contributed by atoms with E-state index in [1.165, 1.54) is 0 Å². The standard InChI is InChI=1S/C22H32N4O2/c1-22(2,3)28-21(27)24-18-8-6-12-26(16-18)19-10-13-25(14-11-19)20-9-5-4-7-17(20)15-23/h4-5,7,9,18-19H,6,8,10-14,16H2,1-3H3,(H,24,27). The summed E-state index contributed by atoms with van der Waals surface area (Å²) in [5.41, 5.74) is 1.33. The predicted molar refractivity (Wildman–Crippen MR) is 110 cm³/mol. The number of benzene rings is 1. The summed E-state index contributed by atoms with van der Waals surface area (Å²) in [4.78, 5) is 16.9. The summed E-state index contributed by atoms with van der Waals surface area (Å²) in [5, 5.41) is 12.4. The van der Waals surface area contributed by atoms with Crippen LogP contribution >= 0.6 is 0 Å². The zero-order chi connectivity index (χ0) is 20.1. The number of hydrogen-bond donors (Lipinski definition) is 1. The van der Waals surface area contributed by atoms with Crippen LogP contribution in [0.5, 0.6) is 0 Å². The lowest BCUT2D eigenvalue weighted by atomic mass is 9.97. The van der Waals surface area contributed by atoms with Gasteiger partial charge in [-0.25, -0.2) is 4.79 Å². The Bertz CT molecular complexity index is 714. The second-order valence-corrected chi connectivity index (χ2v) is 8.83. The normalized spacial score (nSPS) is 21.8. The first kappa shape index (κ1) is 20.5. The molecule has 6 nitrogen and oxygen atoms in total. The highest BCUT2D eigenvalue weighted by Crippen LogP contribution is 2.27. The summed E-state index contributed by atoms with van der Waals surface area (Å²) >= 11 is 0. The third-order valence-corrected chi connectivity index (χ3v) is 5.52. The van der Waals surface area contributed by atoms with Gasteiger partial charge in [0, 0.05) is 31.7 Å². The Morgan fingerprint density at radius 2 is 1.89 bits per heavy atom. The number of nitriles is 1. The molecule has 1 amide bonds. The van der Waals surface area contributed by atoms with Crippen molar-refractivity contribution in [3.63, 3.8) is 0 Å². The van der Waals surface area contributed by atoms with Gasteiger partial charge in [0.15, 0.2) is 0 Å². The smallest absolute Gasteiger partial charge is 0.407 e. The number of piperidine rings is 2. The van der Waals surface area contributed by atoms with Crippen molar-refractivity contribution in [2.45, 2.75) is 64.1 Å². The topological polar surface area (TPSA) is 68.6 Å². The van der Waals surface area contributed by atoms with Gasteiger partial charge in [-0.1, -0.05) is 12.1 Å². The van der Waals surface area contributed by atoms with Gasteiger partial charge in [-0.2, -0.15) is 5.26 Å². The number of alkyl carbamates (subject to hydrolysis) is 1. The maximum absolute atomic E-state index is 12.1. The minimum Gasteiger partial charge on any atom is -0.444 e. The van der Waals surface area contributed by atoms with Crippen molar-refractivity contribution < 1.29 is 9.53 Å². The van der Waals surface area contributed by atoms with Gasteiger partial charge >= 0.3 is 6.09 Å². The maximum Gasteiger partial charge on any atom is 0.407 e. The molecule has 152 valence electrons. The molecular formula is C22H32N4O2. The predicted octanol–water partition coefficient (Wildman–Crippen LogP) is 3.52. The van der Waals surface area contributed by atoms with E-state index in [2.05, 4.69) is 21.2 Å². The summed E-state index contributed by atoms with van der Waals surface area (Å²) in [7, 11) is 0. The van der Waals surface area contributed by atoms with E-state index < -0.39 is 5.60 Å². The molecule has 0 bridgehead atoms. The van der Waals surface area contributed by atoms with E-state index in [1.54, 1.807) is 0 Å². The van der Waals surface area contributed by atoms with Crippen molar-refractivity contribution in [3.8, 4) is 6.07 Å². The number of carbonyl (C=O) groups excluding carboxylic acids is 1. The van der Waals surface area contributed by atoms with Crippen molar-refractivity contribution in [2.24, 2.45) is 0 Å². The van der Waals surface area contributed by atoms with Crippen LogP contribution in [0, 0.1) is 11.3 Å². The lowest BCUT2D eigenvalue weighted by Gasteiger charge is -2.43. The number of carbonyl (C=O) groups is 1. The van der Waals surface area contributed by atoms with E-state index in [9.17, 15) is 10.1 Å². The van der Waals surface area contributed by atoms with Gasteiger partial charge in [-0.15, -0.1) is 0 Å².